The molecule has 0 aromatic rings. The fraction of sp³-hybridized carbons (Fsp3) is 0.600. The smallest absolute Gasteiger partial charge is 0.126 e. The minimum absolute atomic E-state index is 0.431. The topological polar surface area (TPSA) is 32.3 Å². The molecule has 1 aliphatic rings. The predicted octanol–water partition coefficient (Wildman–Crippen LogP) is -0.146. The SMILES string of the molecule is C=C1CCNC1O. The van der Waals surface area contributed by atoms with Gasteiger partial charge in [-0.1, -0.05) is 6.58 Å². The predicted molar refractivity (Wildman–Crippen MR) is 27.8 cm³/mol. The molecule has 0 aromatic carbocycles. The quantitative estimate of drug-likeness (QED) is 0.414. The summed E-state index contributed by atoms with van der Waals surface area (Å²) in [6.45, 7) is 4.50. The van der Waals surface area contributed by atoms with E-state index in [1.54, 1.807) is 0 Å². The van der Waals surface area contributed by atoms with E-state index in [0.29, 0.717) is 0 Å². The monoisotopic (exact) mass is 99.1 g/mol. The summed E-state index contributed by atoms with van der Waals surface area (Å²) in [6.07, 6.45) is 0.487. The number of aliphatic hydroxyl groups excluding tert-OH is 1. The van der Waals surface area contributed by atoms with Crippen LogP contribution in [0.5, 0.6) is 0 Å². The van der Waals surface area contributed by atoms with E-state index in [2.05, 4.69) is 11.9 Å². The molecule has 40 valence electrons. The van der Waals surface area contributed by atoms with E-state index < -0.39 is 6.23 Å². The molecule has 0 aliphatic carbocycles. The minimum atomic E-state index is -0.431. The van der Waals surface area contributed by atoms with Crippen LogP contribution in [0.3, 0.4) is 0 Å². The second-order valence-electron chi connectivity index (χ2n) is 1.76. The van der Waals surface area contributed by atoms with Gasteiger partial charge in [-0.05, 0) is 12.0 Å². The number of hydrogen-bond donors (Lipinski definition) is 2. The van der Waals surface area contributed by atoms with Gasteiger partial charge in [0, 0.05) is 6.54 Å². The first-order chi connectivity index (χ1) is 3.30. The Balaban J connectivity index is 2.48. The first-order valence-electron chi connectivity index (χ1n) is 2.40. The molecule has 1 heterocycles. The molecule has 1 rings (SSSR count). The van der Waals surface area contributed by atoms with Crippen LogP contribution in [0.15, 0.2) is 12.2 Å². The van der Waals surface area contributed by atoms with Gasteiger partial charge in [0.1, 0.15) is 6.23 Å². The minimum Gasteiger partial charge on any atom is -0.375 e. The van der Waals surface area contributed by atoms with E-state index in [9.17, 15) is 0 Å². The number of aliphatic hydroxyl groups is 1. The summed E-state index contributed by atoms with van der Waals surface area (Å²) in [5.74, 6) is 0. The average Bonchev–Trinajstić information content (AvgIpc) is 1.91. The maximum atomic E-state index is 8.79. The van der Waals surface area contributed by atoms with Crippen LogP contribution >= 0.6 is 0 Å². The van der Waals surface area contributed by atoms with Crippen molar-refractivity contribution in [3.63, 3.8) is 0 Å². The highest BCUT2D eigenvalue weighted by molar-refractivity contribution is 5.05. The van der Waals surface area contributed by atoms with Gasteiger partial charge >= 0.3 is 0 Å². The lowest BCUT2D eigenvalue weighted by Gasteiger charge is -1.98. The summed E-state index contributed by atoms with van der Waals surface area (Å²) in [7, 11) is 0. The van der Waals surface area contributed by atoms with Crippen LogP contribution in [0.25, 0.3) is 0 Å². The molecule has 1 aliphatic heterocycles. The molecule has 2 nitrogen and oxygen atoms in total. The highest BCUT2D eigenvalue weighted by Crippen LogP contribution is 2.07. The first-order valence-corrected chi connectivity index (χ1v) is 2.40. The van der Waals surface area contributed by atoms with Gasteiger partial charge in [0.05, 0.1) is 0 Å². The van der Waals surface area contributed by atoms with Crippen LogP contribution in [0.4, 0.5) is 0 Å². The average molecular weight is 99.1 g/mol. The van der Waals surface area contributed by atoms with E-state index in [1.165, 1.54) is 0 Å². The molecule has 7 heavy (non-hydrogen) atoms. The fourth-order valence-corrected chi connectivity index (χ4v) is 0.651. The van der Waals surface area contributed by atoms with Crippen molar-refractivity contribution in [3.8, 4) is 0 Å². The van der Waals surface area contributed by atoms with Gasteiger partial charge in [-0.15, -0.1) is 0 Å². The second kappa shape index (κ2) is 1.64. The number of rotatable bonds is 0. The van der Waals surface area contributed by atoms with Crippen molar-refractivity contribution < 1.29 is 5.11 Å². The molecule has 1 atom stereocenters. The van der Waals surface area contributed by atoms with Crippen molar-refractivity contribution in [3.05, 3.63) is 12.2 Å². The van der Waals surface area contributed by atoms with Gasteiger partial charge in [-0.2, -0.15) is 0 Å². The zero-order valence-electron chi connectivity index (χ0n) is 4.15. The highest BCUT2D eigenvalue weighted by atomic mass is 16.3. The first kappa shape index (κ1) is 4.81. The molecule has 0 spiro atoms. The van der Waals surface area contributed by atoms with E-state index in [4.69, 9.17) is 5.11 Å². The van der Waals surface area contributed by atoms with Crippen LogP contribution in [0, 0.1) is 0 Å². The van der Waals surface area contributed by atoms with Crippen LogP contribution in [-0.4, -0.2) is 17.9 Å². The van der Waals surface area contributed by atoms with Crippen LogP contribution in [-0.2, 0) is 0 Å². The largest absolute Gasteiger partial charge is 0.375 e. The van der Waals surface area contributed by atoms with Crippen molar-refractivity contribution in [2.75, 3.05) is 6.54 Å². The lowest BCUT2D eigenvalue weighted by Crippen LogP contribution is -2.20. The zero-order valence-corrected chi connectivity index (χ0v) is 4.15. The van der Waals surface area contributed by atoms with E-state index in [1.807, 2.05) is 0 Å². The summed E-state index contributed by atoms with van der Waals surface area (Å²) in [6, 6.07) is 0. The third-order valence-corrected chi connectivity index (χ3v) is 1.17. The summed E-state index contributed by atoms with van der Waals surface area (Å²) < 4.78 is 0. The Hall–Kier alpha value is -0.340. The van der Waals surface area contributed by atoms with Crippen LogP contribution in [0.1, 0.15) is 6.42 Å². The highest BCUT2D eigenvalue weighted by Gasteiger charge is 2.13. The summed E-state index contributed by atoms with van der Waals surface area (Å²) >= 11 is 0. The fourth-order valence-electron chi connectivity index (χ4n) is 0.651. The summed E-state index contributed by atoms with van der Waals surface area (Å²) in [4.78, 5) is 0. The molecular weight excluding hydrogens is 90.1 g/mol. The van der Waals surface area contributed by atoms with E-state index in [0.717, 1.165) is 18.5 Å². The van der Waals surface area contributed by atoms with Gasteiger partial charge in [-0.25, -0.2) is 0 Å². The van der Waals surface area contributed by atoms with Gasteiger partial charge in [-0.3, -0.25) is 5.32 Å². The third-order valence-electron chi connectivity index (χ3n) is 1.17. The Morgan fingerprint density at radius 1 is 1.86 bits per heavy atom. The zero-order chi connectivity index (χ0) is 5.28. The summed E-state index contributed by atoms with van der Waals surface area (Å²) in [5, 5.41) is 11.6. The van der Waals surface area contributed by atoms with Crippen LogP contribution in [0.2, 0.25) is 0 Å². The Bertz CT molecular complexity index is 90.1. The summed E-state index contributed by atoms with van der Waals surface area (Å²) in [5.41, 5.74) is 0.903. The molecule has 0 radical (unpaired) electrons. The van der Waals surface area contributed by atoms with Crippen molar-refractivity contribution in [2.24, 2.45) is 0 Å². The molecule has 0 aromatic heterocycles. The van der Waals surface area contributed by atoms with Crippen molar-refractivity contribution in [2.45, 2.75) is 12.6 Å². The number of hydrogen-bond acceptors (Lipinski definition) is 2. The molecule has 2 N–H and O–H groups in total. The van der Waals surface area contributed by atoms with Gasteiger partial charge in [0.2, 0.25) is 0 Å². The molecule has 0 amide bonds. The Morgan fingerprint density at radius 2 is 2.57 bits per heavy atom. The molecule has 0 saturated carbocycles. The van der Waals surface area contributed by atoms with Gasteiger partial charge < -0.3 is 5.11 Å². The third kappa shape index (κ3) is 0.813. The standard InChI is InChI=1S/C5H9NO/c1-4-2-3-6-5(4)7/h5-7H,1-3H2. The Morgan fingerprint density at radius 3 is 2.71 bits per heavy atom. The van der Waals surface area contributed by atoms with E-state index in [-0.39, 0.29) is 0 Å². The van der Waals surface area contributed by atoms with Gasteiger partial charge in [0.25, 0.3) is 0 Å². The lowest BCUT2D eigenvalue weighted by atomic mass is 10.3. The van der Waals surface area contributed by atoms with E-state index >= 15 is 0 Å². The second-order valence-corrected chi connectivity index (χ2v) is 1.76. The molecule has 0 bridgehead atoms. The van der Waals surface area contributed by atoms with Crippen molar-refractivity contribution in [1.82, 2.24) is 5.32 Å². The van der Waals surface area contributed by atoms with Crippen LogP contribution < -0.4 is 5.32 Å². The molecule has 1 fully saturated rings. The Kier molecular flexibility index (Phi) is 1.13. The maximum absolute atomic E-state index is 8.79. The maximum Gasteiger partial charge on any atom is 0.126 e. The molecule has 2 heteroatoms. The molecule has 1 unspecified atom stereocenters. The molecular formula is C5H9NO. The van der Waals surface area contributed by atoms with Gasteiger partial charge in [0.15, 0.2) is 0 Å². The number of nitrogens with one attached hydrogen (secondary N) is 1. The van der Waals surface area contributed by atoms with Crippen molar-refractivity contribution in [1.29, 1.82) is 0 Å². The Labute approximate surface area is 42.8 Å². The van der Waals surface area contributed by atoms with Crippen molar-refractivity contribution >= 4 is 0 Å². The normalized spacial score (nSPS) is 31.6. The molecule has 1 saturated heterocycles. The lowest BCUT2D eigenvalue weighted by molar-refractivity contribution is 0.195.